The lowest BCUT2D eigenvalue weighted by Gasteiger charge is -2.19. The average molecular weight is 485 g/mol. The second kappa shape index (κ2) is 8.90. The second-order valence-corrected chi connectivity index (χ2v) is 7.16. The number of guanidine groups is 1. The maximum absolute atomic E-state index is 12.3. The number of carbonyl (C=O) groups is 2. The molecule has 0 aromatic heterocycles. The van der Waals surface area contributed by atoms with E-state index < -0.39 is 5.54 Å². The minimum Gasteiger partial charge on any atom is -0.370 e. The number of anilines is 1. The first kappa shape index (κ1) is 21.5. The maximum Gasteiger partial charge on any atom is 0.325 e. The van der Waals surface area contributed by atoms with Crippen molar-refractivity contribution in [3.63, 3.8) is 0 Å². The van der Waals surface area contributed by atoms with Crippen molar-refractivity contribution in [3.8, 4) is 0 Å². The molecule has 0 spiro atoms. The van der Waals surface area contributed by atoms with Crippen LogP contribution in [-0.4, -0.2) is 41.4 Å². The van der Waals surface area contributed by atoms with Gasteiger partial charge in [-0.3, -0.25) is 14.7 Å². The maximum atomic E-state index is 12.3. The summed E-state index contributed by atoms with van der Waals surface area (Å²) in [5.41, 5.74) is 8.90. The highest BCUT2D eigenvalue weighted by Gasteiger charge is 2.45. The molecule has 27 heavy (non-hydrogen) atoms. The number of benzene rings is 1. The van der Waals surface area contributed by atoms with Crippen LogP contribution in [-0.2, 0) is 17.6 Å². The number of urea groups is 1. The molecule has 0 radical (unpaired) electrons. The molecule has 148 valence electrons. The monoisotopic (exact) mass is 485 g/mol. The van der Waals surface area contributed by atoms with E-state index in [1.807, 2.05) is 13.0 Å². The summed E-state index contributed by atoms with van der Waals surface area (Å²) in [4.78, 5) is 29.8. The molecule has 7 nitrogen and oxygen atoms in total. The molecule has 1 aliphatic carbocycles. The van der Waals surface area contributed by atoms with Gasteiger partial charge in [-0.25, -0.2) is 4.79 Å². The van der Waals surface area contributed by atoms with Gasteiger partial charge in [-0.15, -0.1) is 24.0 Å². The number of fused-ring (bicyclic) bond motifs is 1. The molecule has 4 N–H and O–H groups in total. The van der Waals surface area contributed by atoms with Crippen molar-refractivity contribution in [1.29, 1.82) is 0 Å². The number of imide groups is 1. The molecule has 2 aliphatic rings. The van der Waals surface area contributed by atoms with Crippen LogP contribution in [0.25, 0.3) is 0 Å². The second-order valence-electron chi connectivity index (χ2n) is 7.16. The van der Waals surface area contributed by atoms with E-state index in [-0.39, 0.29) is 35.9 Å². The van der Waals surface area contributed by atoms with Crippen LogP contribution >= 0.6 is 24.0 Å². The molecule has 1 unspecified atom stereocenters. The number of nitrogens with one attached hydrogen (secondary N) is 2. The number of nitrogens with zero attached hydrogens (tertiary/aromatic N) is 2. The lowest BCUT2D eigenvalue weighted by Crippen LogP contribution is -2.43. The van der Waals surface area contributed by atoms with Gasteiger partial charge in [-0.2, -0.15) is 0 Å². The minimum atomic E-state index is -0.783. The number of hydrogen-bond donors (Lipinski definition) is 3. The zero-order chi connectivity index (χ0) is 18.7. The minimum absolute atomic E-state index is 0. The smallest absolute Gasteiger partial charge is 0.325 e. The summed E-state index contributed by atoms with van der Waals surface area (Å²) < 4.78 is 0. The molecular formula is C19H28IN5O2. The van der Waals surface area contributed by atoms with Gasteiger partial charge in [-0.05, 0) is 62.3 Å². The summed E-state index contributed by atoms with van der Waals surface area (Å²) >= 11 is 0. The van der Waals surface area contributed by atoms with E-state index >= 15 is 0 Å². The Morgan fingerprint density at radius 1 is 1.33 bits per heavy atom. The van der Waals surface area contributed by atoms with Gasteiger partial charge in [-0.1, -0.05) is 13.0 Å². The normalized spacial score (nSPS) is 21.7. The van der Waals surface area contributed by atoms with E-state index in [0.29, 0.717) is 31.9 Å². The molecule has 1 saturated heterocycles. The summed E-state index contributed by atoms with van der Waals surface area (Å²) in [7, 11) is 0. The SMILES string of the molecule is CCC1(C)NC(=O)N(CCCN=C(N)Nc2ccc3c(c2)CCC3)C1=O.I. The number of aliphatic imine (C=N–C) groups is 1. The zero-order valence-electron chi connectivity index (χ0n) is 15.9. The van der Waals surface area contributed by atoms with E-state index in [4.69, 9.17) is 5.73 Å². The number of rotatable bonds is 6. The van der Waals surface area contributed by atoms with E-state index in [2.05, 4.69) is 27.8 Å². The Kier molecular flexibility index (Phi) is 7.07. The lowest BCUT2D eigenvalue weighted by molar-refractivity contribution is -0.130. The van der Waals surface area contributed by atoms with Crippen LogP contribution in [0.15, 0.2) is 23.2 Å². The number of nitrogens with two attached hydrogens (primary N) is 1. The summed E-state index contributed by atoms with van der Waals surface area (Å²) in [6.07, 6.45) is 4.63. The number of halogens is 1. The predicted octanol–water partition coefficient (Wildman–Crippen LogP) is 2.63. The van der Waals surface area contributed by atoms with Gasteiger partial charge in [0, 0.05) is 18.8 Å². The highest BCUT2D eigenvalue weighted by atomic mass is 127. The topological polar surface area (TPSA) is 99.8 Å². The van der Waals surface area contributed by atoms with E-state index in [0.717, 1.165) is 18.5 Å². The molecule has 0 bridgehead atoms. The molecule has 3 amide bonds. The first-order valence-electron chi connectivity index (χ1n) is 9.26. The van der Waals surface area contributed by atoms with Crippen molar-refractivity contribution < 1.29 is 9.59 Å². The Labute approximate surface area is 177 Å². The van der Waals surface area contributed by atoms with Crippen LogP contribution < -0.4 is 16.4 Å². The standard InChI is InChI=1S/C19H27N5O2.HI/c1-3-19(2)16(25)24(18(26)23-19)11-5-10-21-17(20)22-15-9-8-13-6-4-7-14(13)12-15;/h8-9,12H,3-7,10-11H2,1-2H3,(H,23,26)(H3,20,21,22);1H. The molecule has 1 aromatic carbocycles. The third-order valence-electron chi connectivity index (χ3n) is 5.25. The molecular weight excluding hydrogens is 457 g/mol. The fourth-order valence-corrected chi connectivity index (χ4v) is 3.46. The first-order valence-corrected chi connectivity index (χ1v) is 9.26. The van der Waals surface area contributed by atoms with Gasteiger partial charge in [0.25, 0.3) is 5.91 Å². The molecule has 3 rings (SSSR count). The van der Waals surface area contributed by atoms with Crippen molar-refractivity contribution >= 4 is 47.6 Å². The third-order valence-corrected chi connectivity index (χ3v) is 5.25. The van der Waals surface area contributed by atoms with E-state index in [9.17, 15) is 9.59 Å². The molecule has 1 heterocycles. The molecule has 1 fully saturated rings. The van der Waals surface area contributed by atoms with Crippen molar-refractivity contribution in [2.45, 2.75) is 51.5 Å². The number of aryl methyl sites for hydroxylation is 2. The number of amides is 3. The quantitative estimate of drug-likeness (QED) is 0.190. The average Bonchev–Trinajstić information content (AvgIpc) is 3.16. The Morgan fingerprint density at radius 3 is 2.78 bits per heavy atom. The molecule has 1 atom stereocenters. The van der Waals surface area contributed by atoms with Crippen LogP contribution in [0.2, 0.25) is 0 Å². The molecule has 1 aliphatic heterocycles. The highest BCUT2D eigenvalue weighted by molar-refractivity contribution is 14.0. The Morgan fingerprint density at radius 2 is 2.07 bits per heavy atom. The van der Waals surface area contributed by atoms with Crippen molar-refractivity contribution in [2.75, 3.05) is 18.4 Å². The van der Waals surface area contributed by atoms with Gasteiger partial charge in [0.05, 0.1) is 0 Å². The van der Waals surface area contributed by atoms with Crippen molar-refractivity contribution in [1.82, 2.24) is 10.2 Å². The van der Waals surface area contributed by atoms with Crippen LogP contribution in [0.1, 0.15) is 44.2 Å². The predicted molar refractivity (Wildman–Crippen MR) is 118 cm³/mol. The van der Waals surface area contributed by atoms with Gasteiger partial charge < -0.3 is 16.4 Å². The fraction of sp³-hybridized carbons (Fsp3) is 0.526. The van der Waals surface area contributed by atoms with E-state index in [1.165, 1.54) is 22.4 Å². The highest BCUT2D eigenvalue weighted by Crippen LogP contribution is 2.24. The van der Waals surface area contributed by atoms with Crippen LogP contribution in [0.3, 0.4) is 0 Å². The molecule has 8 heteroatoms. The van der Waals surface area contributed by atoms with Gasteiger partial charge in [0.15, 0.2) is 5.96 Å². The largest absolute Gasteiger partial charge is 0.370 e. The van der Waals surface area contributed by atoms with Crippen LogP contribution in [0, 0.1) is 0 Å². The van der Waals surface area contributed by atoms with E-state index in [1.54, 1.807) is 6.92 Å². The van der Waals surface area contributed by atoms with Gasteiger partial charge in [0.2, 0.25) is 0 Å². The number of hydrogen-bond acceptors (Lipinski definition) is 3. The fourth-order valence-electron chi connectivity index (χ4n) is 3.46. The third kappa shape index (κ3) is 4.72. The Hall–Kier alpha value is -1.84. The summed E-state index contributed by atoms with van der Waals surface area (Å²) in [6.45, 7) is 4.43. The van der Waals surface area contributed by atoms with Gasteiger partial charge >= 0.3 is 6.03 Å². The Balaban J connectivity index is 0.00000261. The summed E-state index contributed by atoms with van der Waals surface area (Å²) in [5.74, 6) is 0.178. The first-order chi connectivity index (χ1) is 12.4. The van der Waals surface area contributed by atoms with Gasteiger partial charge in [0.1, 0.15) is 5.54 Å². The van der Waals surface area contributed by atoms with Crippen molar-refractivity contribution in [3.05, 3.63) is 29.3 Å². The molecule has 1 aromatic rings. The van der Waals surface area contributed by atoms with Crippen molar-refractivity contribution in [2.24, 2.45) is 10.7 Å². The summed E-state index contributed by atoms with van der Waals surface area (Å²) in [5, 5.41) is 5.85. The Bertz CT molecular complexity index is 752. The number of carbonyl (C=O) groups excluding carboxylic acids is 2. The van der Waals surface area contributed by atoms with Crippen LogP contribution in [0.4, 0.5) is 10.5 Å². The summed E-state index contributed by atoms with van der Waals surface area (Å²) in [6, 6.07) is 5.96. The molecule has 0 saturated carbocycles. The van der Waals surface area contributed by atoms with Crippen LogP contribution in [0.5, 0.6) is 0 Å². The lowest BCUT2D eigenvalue weighted by atomic mass is 9.99. The zero-order valence-corrected chi connectivity index (χ0v) is 18.2.